The Balaban J connectivity index is 1.55. The summed E-state index contributed by atoms with van der Waals surface area (Å²) in [5, 5.41) is 6.45. The molecule has 7 heteroatoms. The number of hydrogen-bond acceptors (Lipinski definition) is 3. The molecule has 3 aromatic rings. The zero-order valence-electron chi connectivity index (χ0n) is 17.4. The van der Waals surface area contributed by atoms with E-state index in [2.05, 4.69) is 10.6 Å². The van der Waals surface area contributed by atoms with Crippen molar-refractivity contribution in [1.29, 1.82) is 0 Å². The van der Waals surface area contributed by atoms with E-state index >= 15 is 0 Å². The zero-order valence-corrected chi connectivity index (χ0v) is 17.4. The first kappa shape index (κ1) is 19.9. The lowest BCUT2D eigenvalue weighted by Crippen LogP contribution is -2.35. The Kier molecular flexibility index (Phi) is 4.97. The highest BCUT2D eigenvalue weighted by Crippen LogP contribution is 2.33. The number of urea groups is 1. The maximum atomic E-state index is 13.6. The molecular formula is C23H24FN3O3. The van der Waals surface area contributed by atoms with Crippen LogP contribution < -0.4 is 10.6 Å². The van der Waals surface area contributed by atoms with E-state index in [9.17, 15) is 14.0 Å². The van der Waals surface area contributed by atoms with Gasteiger partial charge in [-0.2, -0.15) is 0 Å². The van der Waals surface area contributed by atoms with Crippen LogP contribution in [-0.2, 0) is 6.54 Å². The van der Waals surface area contributed by atoms with Gasteiger partial charge in [-0.05, 0) is 48.7 Å². The van der Waals surface area contributed by atoms with Crippen LogP contribution in [0.1, 0.15) is 47.1 Å². The number of anilines is 1. The molecule has 4 rings (SSSR count). The van der Waals surface area contributed by atoms with Crippen molar-refractivity contribution in [3.8, 4) is 0 Å². The van der Waals surface area contributed by atoms with Gasteiger partial charge in [0.1, 0.15) is 17.2 Å². The molecule has 0 fully saturated rings. The van der Waals surface area contributed by atoms with Crippen molar-refractivity contribution >= 4 is 28.6 Å². The van der Waals surface area contributed by atoms with Crippen LogP contribution in [0.3, 0.4) is 0 Å². The van der Waals surface area contributed by atoms with E-state index < -0.39 is 12.1 Å². The molecule has 1 aromatic heterocycles. The monoisotopic (exact) mass is 409 g/mol. The second kappa shape index (κ2) is 7.48. The summed E-state index contributed by atoms with van der Waals surface area (Å²) in [6.07, 6.45) is 0. The maximum absolute atomic E-state index is 13.6. The molecule has 0 saturated carbocycles. The number of fused-ring (bicyclic) bond motifs is 2. The van der Waals surface area contributed by atoms with Crippen LogP contribution in [0.4, 0.5) is 14.9 Å². The standard InChI is InChI=1S/C23H24FN3O3/c1-12(2)20(21-13(3)17-9-15(24)6-8-19(17)30-21)26-23(29)25-16-7-5-14-11-27(4)22(28)18(14)10-16/h5-10,12,20H,11H2,1-4H3,(H2,25,26,29)/t20-/m0/s1. The molecule has 1 atom stereocenters. The summed E-state index contributed by atoms with van der Waals surface area (Å²) in [5.41, 5.74) is 3.47. The molecule has 3 amide bonds. The second-order valence-corrected chi connectivity index (χ2v) is 8.09. The third kappa shape index (κ3) is 3.51. The van der Waals surface area contributed by atoms with Gasteiger partial charge in [0.25, 0.3) is 5.91 Å². The van der Waals surface area contributed by atoms with Gasteiger partial charge in [0.05, 0.1) is 6.04 Å². The van der Waals surface area contributed by atoms with Crippen molar-refractivity contribution in [2.24, 2.45) is 5.92 Å². The molecule has 0 spiro atoms. The topological polar surface area (TPSA) is 74.6 Å². The lowest BCUT2D eigenvalue weighted by Gasteiger charge is -2.21. The quantitative estimate of drug-likeness (QED) is 0.638. The molecular weight excluding hydrogens is 385 g/mol. The molecule has 0 bridgehead atoms. The van der Waals surface area contributed by atoms with Crippen molar-refractivity contribution in [3.05, 3.63) is 64.7 Å². The average Bonchev–Trinajstić information content (AvgIpc) is 3.16. The Labute approximate surface area is 174 Å². The van der Waals surface area contributed by atoms with Gasteiger partial charge in [-0.25, -0.2) is 9.18 Å². The molecule has 1 aliphatic heterocycles. The third-order valence-corrected chi connectivity index (χ3v) is 5.52. The smallest absolute Gasteiger partial charge is 0.319 e. The molecule has 2 N–H and O–H groups in total. The van der Waals surface area contributed by atoms with Gasteiger partial charge < -0.3 is 20.0 Å². The van der Waals surface area contributed by atoms with E-state index in [-0.39, 0.29) is 17.6 Å². The minimum atomic E-state index is -0.404. The van der Waals surface area contributed by atoms with Crippen LogP contribution >= 0.6 is 0 Å². The Morgan fingerprint density at radius 2 is 1.97 bits per heavy atom. The van der Waals surface area contributed by atoms with Gasteiger partial charge in [-0.1, -0.05) is 19.9 Å². The molecule has 0 aliphatic carbocycles. The van der Waals surface area contributed by atoms with Crippen molar-refractivity contribution in [2.45, 2.75) is 33.4 Å². The Hall–Kier alpha value is -3.35. The summed E-state index contributed by atoms with van der Waals surface area (Å²) >= 11 is 0. The molecule has 0 saturated heterocycles. The van der Waals surface area contributed by atoms with Crippen molar-refractivity contribution in [3.63, 3.8) is 0 Å². The lowest BCUT2D eigenvalue weighted by molar-refractivity contribution is 0.0816. The number of nitrogens with zero attached hydrogens (tertiary/aromatic N) is 1. The number of halogens is 1. The van der Waals surface area contributed by atoms with Crippen LogP contribution in [-0.4, -0.2) is 23.9 Å². The third-order valence-electron chi connectivity index (χ3n) is 5.52. The number of rotatable bonds is 4. The molecule has 2 aromatic carbocycles. The summed E-state index contributed by atoms with van der Waals surface area (Å²) in [4.78, 5) is 26.5. The highest BCUT2D eigenvalue weighted by Gasteiger charge is 2.27. The van der Waals surface area contributed by atoms with Gasteiger partial charge >= 0.3 is 6.03 Å². The normalized spacial score (nSPS) is 14.3. The number of carbonyl (C=O) groups excluding carboxylic acids is 2. The van der Waals surface area contributed by atoms with Crippen LogP contribution in [0.25, 0.3) is 11.0 Å². The van der Waals surface area contributed by atoms with E-state index in [0.717, 1.165) is 11.1 Å². The zero-order chi connectivity index (χ0) is 21.6. The van der Waals surface area contributed by atoms with Crippen LogP contribution in [0.15, 0.2) is 40.8 Å². The van der Waals surface area contributed by atoms with E-state index in [1.54, 1.807) is 30.1 Å². The van der Waals surface area contributed by atoms with Crippen LogP contribution in [0.2, 0.25) is 0 Å². The maximum Gasteiger partial charge on any atom is 0.319 e. The molecule has 1 aliphatic rings. The van der Waals surface area contributed by atoms with Crippen LogP contribution in [0.5, 0.6) is 0 Å². The predicted octanol–water partition coefficient (Wildman–Crippen LogP) is 4.98. The fourth-order valence-corrected chi connectivity index (χ4v) is 3.88. The van der Waals surface area contributed by atoms with E-state index in [0.29, 0.717) is 34.5 Å². The highest BCUT2D eigenvalue weighted by atomic mass is 19.1. The second-order valence-electron chi connectivity index (χ2n) is 8.09. The number of furan rings is 1. The van der Waals surface area contributed by atoms with Gasteiger partial charge in [0.15, 0.2) is 0 Å². The largest absolute Gasteiger partial charge is 0.459 e. The number of benzene rings is 2. The Morgan fingerprint density at radius 3 is 2.70 bits per heavy atom. The highest BCUT2D eigenvalue weighted by molar-refractivity contribution is 6.00. The summed E-state index contributed by atoms with van der Waals surface area (Å²) in [5.74, 6) is 0.252. The SMILES string of the molecule is Cc1c([C@@H](NC(=O)Nc2ccc3c(c2)C(=O)N(C)C3)C(C)C)oc2ccc(F)cc12. The number of carbonyl (C=O) groups is 2. The molecule has 2 heterocycles. The lowest BCUT2D eigenvalue weighted by atomic mass is 9.98. The fraction of sp³-hybridized carbons (Fsp3) is 0.304. The first-order valence-electron chi connectivity index (χ1n) is 9.89. The Morgan fingerprint density at radius 1 is 1.20 bits per heavy atom. The minimum absolute atomic E-state index is 0.0371. The van der Waals surface area contributed by atoms with E-state index in [1.165, 1.54) is 12.1 Å². The molecule has 6 nitrogen and oxygen atoms in total. The summed E-state index contributed by atoms with van der Waals surface area (Å²) in [6.45, 7) is 6.38. The van der Waals surface area contributed by atoms with Gasteiger partial charge in [0, 0.05) is 35.8 Å². The first-order valence-corrected chi connectivity index (χ1v) is 9.89. The average molecular weight is 409 g/mol. The minimum Gasteiger partial charge on any atom is -0.459 e. The number of hydrogen-bond donors (Lipinski definition) is 2. The van der Waals surface area contributed by atoms with Gasteiger partial charge in [-0.15, -0.1) is 0 Å². The number of aryl methyl sites for hydroxylation is 1. The Bertz CT molecular complexity index is 1150. The van der Waals surface area contributed by atoms with Crippen molar-refractivity contribution < 1.29 is 18.4 Å². The molecule has 0 radical (unpaired) electrons. The number of nitrogens with one attached hydrogen (secondary N) is 2. The molecule has 156 valence electrons. The van der Waals surface area contributed by atoms with Gasteiger partial charge in [-0.3, -0.25) is 4.79 Å². The fourth-order valence-electron chi connectivity index (χ4n) is 3.88. The van der Waals surface area contributed by atoms with E-state index in [1.807, 2.05) is 26.8 Å². The first-order chi connectivity index (χ1) is 14.2. The summed E-state index contributed by atoms with van der Waals surface area (Å²) in [6, 6.07) is 8.91. The number of amides is 3. The molecule has 0 unspecified atom stereocenters. The van der Waals surface area contributed by atoms with Gasteiger partial charge in [0.2, 0.25) is 0 Å². The van der Waals surface area contributed by atoms with Crippen molar-refractivity contribution in [1.82, 2.24) is 10.2 Å². The summed E-state index contributed by atoms with van der Waals surface area (Å²) in [7, 11) is 1.75. The van der Waals surface area contributed by atoms with Crippen LogP contribution in [0, 0.1) is 18.7 Å². The predicted molar refractivity (Wildman–Crippen MR) is 113 cm³/mol. The molecule has 30 heavy (non-hydrogen) atoms. The summed E-state index contributed by atoms with van der Waals surface area (Å²) < 4.78 is 19.6. The van der Waals surface area contributed by atoms with E-state index in [4.69, 9.17) is 4.42 Å². The van der Waals surface area contributed by atoms with Crippen molar-refractivity contribution in [2.75, 3.05) is 12.4 Å².